The third-order valence-electron chi connectivity index (χ3n) is 4.95. The van der Waals surface area contributed by atoms with Crippen molar-refractivity contribution in [3.05, 3.63) is 64.8 Å². The predicted molar refractivity (Wildman–Crippen MR) is 133 cm³/mol. The summed E-state index contributed by atoms with van der Waals surface area (Å²) in [5.41, 5.74) is 0.322. The van der Waals surface area contributed by atoms with Crippen molar-refractivity contribution in [3.8, 4) is 23.0 Å². The molecule has 3 aromatic rings. The van der Waals surface area contributed by atoms with E-state index in [-0.39, 0.29) is 57.7 Å². The van der Waals surface area contributed by atoms with E-state index < -0.39 is 16.0 Å². The number of nitrogens with zero attached hydrogens (tertiary/aromatic N) is 1. The Morgan fingerprint density at radius 2 is 1.89 bits per heavy atom. The highest BCUT2D eigenvalue weighted by Gasteiger charge is 2.24. The van der Waals surface area contributed by atoms with E-state index in [2.05, 4.69) is 9.71 Å². The zero-order valence-electron chi connectivity index (χ0n) is 19.7. The number of aromatic carboxylic acids is 1. The van der Waals surface area contributed by atoms with Crippen molar-refractivity contribution in [1.29, 1.82) is 0 Å². The number of hydrogen-bond acceptors (Lipinski definition) is 8. The van der Waals surface area contributed by atoms with Gasteiger partial charge in [0.1, 0.15) is 18.1 Å². The molecule has 0 bridgehead atoms. The lowest BCUT2D eigenvalue weighted by molar-refractivity contribution is 0.0696. The van der Waals surface area contributed by atoms with Crippen LogP contribution in [-0.2, 0) is 10.0 Å². The largest absolute Gasteiger partial charge is 0.497 e. The molecule has 3 rings (SSSR count). The second-order valence-corrected chi connectivity index (χ2v) is 9.85. The van der Waals surface area contributed by atoms with Crippen molar-refractivity contribution in [2.24, 2.45) is 0 Å². The van der Waals surface area contributed by atoms with Crippen LogP contribution in [-0.4, -0.2) is 49.9 Å². The Hall–Kier alpha value is -3.54. The molecule has 0 amide bonds. The van der Waals surface area contributed by atoms with Gasteiger partial charge in [0.05, 0.1) is 30.0 Å². The summed E-state index contributed by atoms with van der Waals surface area (Å²) in [7, 11) is -2.82. The summed E-state index contributed by atoms with van der Waals surface area (Å²) >= 11 is 6.26. The molecule has 0 fully saturated rings. The third-order valence-corrected chi connectivity index (χ3v) is 6.54. The number of nitrogens with one attached hydrogen (secondary N) is 1. The minimum atomic E-state index is -4.27. The van der Waals surface area contributed by atoms with Crippen molar-refractivity contribution in [1.82, 2.24) is 4.98 Å². The second-order valence-electron chi connectivity index (χ2n) is 7.82. The molecule has 0 aliphatic carbocycles. The SMILES string of the molecule is COc1ccc(Cl)c(Oc2c(NS(=O)(=O)c3ccc(C(C)C)cn3)cc(C(=O)O)cc2OCCO)c1. The fourth-order valence-corrected chi connectivity index (χ4v) is 4.20. The average molecular weight is 537 g/mol. The maximum atomic E-state index is 13.2. The first-order chi connectivity index (χ1) is 17.1. The molecule has 0 aliphatic heterocycles. The van der Waals surface area contributed by atoms with Crippen molar-refractivity contribution < 1.29 is 37.6 Å². The summed E-state index contributed by atoms with van der Waals surface area (Å²) in [6.45, 7) is 3.30. The lowest BCUT2D eigenvalue weighted by Gasteiger charge is -2.19. The lowest BCUT2D eigenvalue weighted by Crippen LogP contribution is -2.16. The number of halogens is 1. The number of benzene rings is 2. The maximum absolute atomic E-state index is 13.2. The Kier molecular flexibility index (Phi) is 8.62. The summed E-state index contributed by atoms with van der Waals surface area (Å²) in [4.78, 5) is 15.8. The first-order valence-electron chi connectivity index (χ1n) is 10.7. The van der Waals surface area contributed by atoms with Gasteiger partial charge < -0.3 is 24.4 Å². The van der Waals surface area contributed by atoms with Crippen molar-refractivity contribution in [2.45, 2.75) is 24.8 Å². The van der Waals surface area contributed by atoms with Crippen molar-refractivity contribution in [3.63, 3.8) is 0 Å². The number of ether oxygens (including phenoxy) is 3. The van der Waals surface area contributed by atoms with Gasteiger partial charge in [0.2, 0.25) is 0 Å². The molecule has 3 N–H and O–H groups in total. The second kappa shape index (κ2) is 11.5. The molecule has 36 heavy (non-hydrogen) atoms. The third kappa shape index (κ3) is 6.36. The van der Waals surface area contributed by atoms with Gasteiger partial charge >= 0.3 is 5.97 Å². The monoisotopic (exact) mass is 536 g/mol. The number of rotatable bonds is 11. The molecule has 1 aromatic heterocycles. The van der Waals surface area contributed by atoms with Crippen LogP contribution in [0.4, 0.5) is 5.69 Å². The smallest absolute Gasteiger partial charge is 0.335 e. The van der Waals surface area contributed by atoms with Crippen LogP contribution in [0.15, 0.2) is 53.7 Å². The average Bonchev–Trinajstić information content (AvgIpc) is 2.84. The fourth-order valence-electron chi connectivity index (χ4n) is 3.06. The zero-order chi connectivity index (χ0) is 26.5. The first-order valence-corrected chi connectivity index (χ1v) is 12.6. The summed E-state index contributed by atoms with van der Waals surface area (Å²) in [6.07, 6.45) is 1.45. The van der Waals surface area contributed by atoms with Crippen LogP contribution < -0.4 is 18.9 Å². The van der Waals surface area contributed by atoms with Gasteiger partial charge in [-0.15, -0.1) is 0 Å². The van der Waals surface area contributed by atoms with Gasteiger partial charge in [-0.05, 0) is 41.8 Å². The van der Waals surface area contributed by atoms with Crippen LogP contribution in [0.25, 0.3) is 0 Å². The molecular weight excluding hydrogens is 512 g/mol. The minimum Gasteiger partial charge on any atom is -0.497 e. The van der Waals surface area contributed by atoms with E-state index in [0.717, 1.165) is 17.7 Å². The molecule has 2 aromatic carbocycles. The highest BCUT2D eigenvalue weighted by Crippen LogP contribution is 2.43. The van der Waals surface area contributed by atoms with Gasteiger partial charge in [-0.25, -0.2) is 9.78 Å². The summed E-state index contributed by atoms with van der Waals surface area (Å²) < 4.78 is 45.2. The van der Waals surface area contributed by atoms with Crippen molar-refractivity contribution in [2.75, 3.05) is 25.0 Å². The first kappa shape index (κ1) is 27.1. The van der Waals surface area contributed by atoms with E-state index >= 15 is 0 Å². The summed E-state index contributed by atoms with van der Waals surface area (Å²) in [6, 6.07) is 9.80. The number of aliphatic hydroxyl groups excluding tert-OH is 1. The molecule has 0 atom stereocenters. The Bertz CT molecular complexity index is 1340. The topological polar surface area (TPSA) is 144 Å². The number of sulfonamides is 1. The molecule has 0 aliphatic rings. The molecule has 0 saturated heterocycles. The normalized spacial score (nSPS) is 11.3. The van der Waals surface area contributed by atoms with Gasteiger partial charge in [-0.2, -0.15) is 8.42 Å². The fraction of sp³-hybridized carbons (Fsp3) is 0.250. The Morgan fingerprint density at radius 3 is 2.47 bits per heavy atom. The van der Waals surface area contributed by atoms with E-state index in [9.17, 15) is 23.4 Å². The molecule has 0 radical (unpaired) electrons. The number of carboxylic acid groups (broad SMARTS) is 1. The number of aromatic nitrogens is 1. The van der Waals surface area contributed by atoms with Crippen LogP contribution in [0, 0.1) is 0 Å². The number of carbonyl (C=O) groups is 1. The quantitative estimate of drug-likeness (QED) is 0.322. The lowest BCUT2D eigenvalue weighted by atomic mass is 10.1. The van der Waals surface area contributed by atoms with Gasteiger partial charge in [-0.1, -0.05) is 31.5 Å². The molecule has 1 heterocycles. The van der Waals surface area contributed by atoms with Crippen LogP contribution >= 0.6 is 11.6 Å². The van der Waals surface area contributed by atoms with Crippen LogP contribution in [0.5, 0.6) is 23.0 Å². The number of aliphatic hydroxyl groups is 1. The van der Waals surface area contributed by atoms with Crippen LogP contribution in [0.2, 0.25) is 5.02 Å². The zero-order valence-corrected chi connectivity index (χ0v) is 21.3. The molecule has 0 spiro atoms. The Balaban J connectivity index is 2.14. The summed E-state index contributed by atoms with van der Waals surface area (Å²) in [5.74, 6) is -1.00. The van der Waals surface area contributed by atoms with E-state index in [0.29, 0.717) is 5.75 Å². The number of hydrogen-bond donors (Lipinski definition) is 3. The predicted octanol–water partition coefficient (Wildman–Crippen LogP) is 4.53. The Labute approximate surface area is 213 Å². The van der Waals surface area contributed by atoms with Crippen LogP contribution in [0.1, 0.15) is 35.7 Å². The highest BCUT2D eigenvalue weighted by molar-refractivity contribution is 7.92. The number of anilines is 1. The number of pyridine rings is 1. The molecule has 0 unspecified atom stereocenters. The van der Waals surface area contributed by atoms with Gasteiger partial charge in [0.15, 0.2) is 16.5 Å². The molecule has 192 valence electrons. The van der Waals surface area contributed by atoms with E-state index in [1.807, 2.05) is 13.8 Å². The number of carboxylic acids is 1. The minimum absolute atomic E-state index is 0.0906. The van der Waals surface area contributed by atoms with Gasteiger partial charge in [-0.3, -0.25) is 4.72 Å². The molecule has 12 heteroatoms. The maximum Gasteiger partial charge on any atom is 0.335 e. The molecule has 0 saturated carbocycles. The standard InChI is InChI=1S/C24H25ClN2O8S/c1-14(2)15-4-7-22(26-13-15)36(31,32)27-19-10-16(24(29)30)11-21(34-9-8-28)23(19)35-20-12-17(33-3)5-6-18(20)25/h4-7,10-14,27-28H,8-9H2,1-3H3,(H,29,30). The highest BCUT2D eigenvalue weighted by atomic mass is 35.5. The Morgan fingerprint density at radius 1 is 1.14 bits per heavy atom. The van der Waals surface area contributed by atoms with Gasteiger partial charge in [0, 0.05) is 12.3 Å². The number of methoxy groups -OCH3 is 1. The molecular formula is C24H25ClN2O8S. The van der Waals surface area contributed by atoms with E-state index in [4.69, 9.17) is 25.8 Å². The summed E-state index contributed by atoms with van der Waals surface area (Å²) in [5, 5.41) is 18.7. The van der Waals surface area contributed by atoms with E-state index in [1.165, 1.54) is 31.5 Å². The van der Waals surface area contributed by atoms with E-state index in [1.54, 1.807) is 12.1 Å². The molecule has 10 nitrogen and oxygen atoms in total. The van der Waals surface area contributed by atoms with Crippen LogP contribution in [0.3, 0.4) is 0 Å². The van der Waals surface area contributed by atoms with Gasteiger partial charge in [0.25, 0.3) is 10.0 Å². The van der Waals surface area contributed by atoms with Crippen molar-refractivity contribution >= 4 is 33.3 Å².